The van der Waals surface area contributed by atoms with Crippen LogP contribution in [0.5, 0.6) is 11.6 Å². The van der Waals surface area contributed by atoms with Gasteiger partial charge in [-0.2, -0.15) is 0 Å². The molecule has 0 amide bonds. The Morgan fingerprint density at radius 1 is 1.05 bits per heavy atom. The molecule has 3 N–H and O–H groups in total. The van der Waals surface area contributed by atoms with Gasteiger partial charge in [-0.15, -0.1) is 12.4 Å². The van der Waals surface area contributed by atoms with Gasteiger partial charge in [-0.3, -0.25) is 4.72 Å². The van der Waals surface area contributed by atoms with Gasteiger partial charge in [0.25, 0.3) is 0 Å². The molecule has 0 spiro atoms. The molecule has 2 aromatic heterocycles. The zero-order valence-corrected chi connectivity index (χ0v) is 24.2. The third kappa shape index (κ3) is 6.69. The molecule has 9 nitrogen and oxygen atoms in total. The van der Waals surface area contributed by atoms with Crippen LogP contribution in [-0.2, 0) is 10.0 Å². The van der Waals surface area contributed by atoms with Crippen LogP contribution in [0, 0.1) is 18.7 Å². The zero-order chi connectivity index (χ0) is 27.7. The minimum absolute atomic E-state index is 0. The first-order valence-corrected chi connectivity index (χ1v) is 15.2. The molecular weight excluding hydrogens is 567 g/mol. The van der Waals surface area contributed by atoms with Gasteiger partial charge in [-0.25, -0.2) is 27.8 Å². The molecule has 6 rings (SSSR count). The van der Waals surface area contributed by atoms with E-state index >= 15 is 0 Å². The Labute approximate surface area is 244 Å². The number of piperidine rings is 1. The van der Waals surface area contributed by atoms with Crippen LogP contribution in [0.3, 0.4) is 0 Å². The van der Waals surface area contributed by atoms with E-state index in [1.807, 2.05) is 13.0 Å². The van der Waals surface area contributed by atoms with Gasteiger partial charge in [-0.05, 0) is 81.0 Å². The summed E-state index contributed by atoms with van der Waals surface area (Å²) in [6.07, 6.45) is 7.22. The lowest BCUT2D eigenvalue weighted by molar-refractivity contribution is 0.466. The Bertz CT molecular complexity index is 1660. The highest BCUT2D eigenvalue weighted by Crippen LogP contribution is 2.40. The quantitative estimate of drug-likeness (QED) is 0.226. The van der Waals surface area contributed by atoms with Crippen molar-refractivity contribution in [3.05, 3.63) is 66.2 Å². The summed E-state index contributed by atoms with van der Waals surface area (Å²) in [5.41, 5.74) is 2.02. The van der Waals surface area contributed by atoms with E-state index in [4.69, 9.17) is 9.72 Å². The van der Waals surface area contributed by atoms with E-state index in [0.717, 1.165) is 44.3 Å². The standard InChI is InChI=1S/C29H31FN6O3S.ClH/c1-18-6-9-21-22(10-11-24(30)26(21)36-40(37,38)17-19-7-8-19)27(18)39-28-23(5-3-14-32-28)25-12-15-33-29(35-25)34-20-4-2-13-31-16-20;/h3,5-6,9-12,14-15,19-20,31,36H,2,4,7-8,13,16-17H2,1H3,(H,33,34,35);1H. The second-order valence-electron chi connectivity index (χ2n) is 10.5. The largest absolute Gasteiger partial charge is 0.437 e. The van der Waals surface area contributed by atoms with E-state index in [9.17, 15) is 12.8 Å². The monoisotopic (exact) mass is 598 g/mol. The maximum absolute atomic E-state index is 14.9. The van der Waals surface area contributed by atoms with E-state index in [0.29, 0.717) is 39.6 Å². The highest BCUT2D eigenvalue weighted by Gasteiger charge is 2.29. The number of rotatable bonds is 9. The van der Waals surface area contributed by atoms with E-state index in [2.05, 4.69) is 25.3 Å². The fourth-order valence-corrected chi connectivity index (χ4v) is 6.55. The van der Waals surface area contributed by atoms with Crippen molar-refractivity contribution in [2.75, 3.05) is 28.9 Å². The molecule has 3 heterocycles. The van der Waals surface area contributed by atoms with Crippen LogP contribution in [-0.4, -0.2) is 48.3 Å². The van der Waals surface area contributed by atoms with Crippen LogP contribution >= 0.6 is 12.4 Å². The number of aromatic nitrogens is 3. The molecule has 1 aliphatic carbocycles. The first-order valence-electron chi connectivity index (χ1n) is 13.5. The molecule has 2 aromatic carbocycles. The minimum atomic E-state index is -3.69. The molecule has 41 heavy (non-hydrogen) atoms. The third-order valence-electron chi connectivity index (χ3n) is 7.24. The van der Waals surface area contributed by atoms with Gasteiger partial charge in [0.15, 0.2) is 0 Å². The molecule has 4 aromatic rings. The smallest absolute Gasteiger partial charge is 0.233 e. The number of ether oxygens (including phenoxy) is 1. The van der Waals surface area contributed by atoms with Crippen LogP contribution in [0.1, 0.15) is 31.2 Å². The molecule has 1 atom stereocenters. The molecule has 216 valence electrons. The normalized spacial score (nSPS) is 17.1. The van der Waals surface area contributed by atoms with Gasteiger partial charge in [-0.1, -0.05) is 12.1 Å². The van der Waals surface area contributed by atoms with E-state index in [-0.39, 0.29) is 35.8 Å². The summed E-state index contributed by atoms with van der Waals surface area (Å²) >= 11 is 0. The molecule has 2 fully saturated rings. The van der Waals surface area contributed by atoms with Crippen LogP contribution in [0.25, 0.3) is 22.0 Å². The number of anilines is 2. The second-order valence-corrected chi connectivity index (χ2v) is 12.2. The number of hydrogen-bond donors (Lipinski definition) is 3. The first-order chi connectivity index (χ1) is 19.4. The van der Waals surface area contributed by atoms with Crippen molar-refractivity contribution in [2.24, 2.45) is 5.92 Å². The number of fused-ring (bicyclic) bond motifs is 1. The van der Waals surface area contributed by atoms with Crippen molar-refractivity contribution in [3.63, 3.8) is 0 Å². The summed E-state index contributed by atoms with van der Waals surface area (Å²) < 4.78 is 49.2. The van der Waals surface area contributed by atoms with Crippen molar-refractivity contribution in [2.45, 2.75) is 38.6 Å². The lowest BCUT2D eigenvalue weighted by Crippen LogP contribution is -2.38. The molecule has 2 aliphatic rings. The predicted molar refractivity (Wildman–Crippen MR) is 161 cm³/mol. The van der Waals surface area contributed by atoms with Gasteiger partial charge in [0.05, 0.1) is 22.7 Å². The van der Waals surface area contributed by atoms with Gasteiger partial charge in [0.1, 0.15) is 11.6 Å². The van der Waals surface area contributed by atoms with Gasteiger partial charge in [0, 0.05) is 35.8 Å². The molecule has 1 aliphatic heterocycles. The Morgan fingerprint density at radius 2 is 1.88 bits per heavy atom. The van der Waals surface area contributed by atoms with E-state index in [1.54, 1.807) is 42.7 Å². The van der Waals surface area contributed by atoms with Crippen LogP contribution in [0.2, 0.25) is 0 Å². The number of hydrogen-bond acceptors (Lipinski definition) is 8. The van der Waals surface area contributed by atoms with Gasteiger partial charge in [0.2, 0.25) is 21.9 Å². The Morgan fingerprint density at radius 3 is 2.66 bits per heavy atom. The number of benzene rings is 2. The topological polar surface area (TPSA) is 118 Å². The Kier molecular flexibility index (Phi) is 8.58. The van der Waals surface area contributed by atoms with Crippen molar-refractivity contribution in [3.8, 4) is 22.9 Å². The van der Waals surface area contributed by atoms with Crippen molar-refractivity contribution in [1.29, 1.82) is 0 Å². The predicted octanol–water partition coefficient (Wildman–Crippen LogP) is 5.67. The lowest BCUT2D eigenvalue weighted by Gasteiger charge is -2.23. The number of aryl methyl sites for hydroxylation is 1. The first kappa shape index (κ1) is 29.0. The number of nitrogens with zero attached hydrogens (tertiary/aromatic N) is 3. The average molecular weight is 599 g/mol. The third-order valence-corrected chi connectivity index (χ3v) is 8.66. The summed E-state index contributed by atoms with van der Waals surface area (Å²) in [7, 11) is -3.69. The van der Waals surface area contributed by atoms with Gasteiger partial charge < -0.3 is 15.4 Å². The fourth-order valence-electron chi connectivity index (χ4n) is 4.99. The summed E-state index contributed by atoms with van der Waals surface area (Å²) in [6, 6.07) is 12.1. The summed E-state index contributed by atoms with van der Waals surface area (Å²) in [5.74, 6) is 0.789. The summed E-state index contributed by atoms with van der Waals surface area (Å²) in [4.78, 5) is 13.6. The minimum Gasteiger partial charge on any atom is -0.437 e. The van der Waals surface area contributed by atoms with E-state index < -0.39 is 15.8 Å². The lowest BCUT2D eigenvalue weighted by atomic mass is 10.0. The number of nitrogens with one attached hydrogen (secondary N) is 3. The average Bonchev–Trinajstić information content (AvgIpc) is 3.76. The Balaban J connectivity index is 0.00000337. The molecule has 12 heteroatoms. The van der Waals surface area contributed by atoms with Crippen molar-refractivity contribution >= 4 is 44.8 Å². The molecule has 0 bridgehead atoms. The molecule has 0 radical (unpaired) electrons. The summed E-state index contributed by atoms with van der Waals surface area (Å²) in [6.45, 7) is 3.75. The van der Waals surface area contributed by atoms with Crippen LogP contribution in [0.4, 0.5) is 16.0 Å². The molecule has 1 saturated heterocycles. The van der Waals surface area contributed by atoms with Crippen LogP contribution in [0.15, 0.2) is 54.9 Å². The Hall–Kier alpha value is -3.54. The SMILES string of the molecule is Cc1ccc2c(NS(=O)(=O)CC3CC3)c(F)ccc2c1Oc1ncccc1-c1ccnc(NC2CCCNC2)n1.Cl. The zero-order valence-electron chi connectivity index (χ0n) is 22.6. The molecular formula is C29H32ClFN6O3S. The van der Waals surface area contributed by atoms with Gasteiger partial charge >= 0.3 is 0 Å². The maximum atomic E-state index is 14.9. The molecule has 1 saturated carbocycles. The highest BCUT2D eigenvalue weighted by atomic mass is 35.5. The maximum Gasteiger partial charge on any atom is 0.233 e. The number of halogens is 2. The second kappa shape index (κ2) is 12.1. The fraction of sp³-hybridized carbons (Fsp3) is 0.345. The summed E-state index contributed by atoms with van der Waals surface area (Å²) in [5, 5.41) is 7.76. The van der Waals surface area contributed by atoms with Crippen molar-refractivity contribution in [1.82, 2.24) is 20.3 Å². The number of pyridine rings is 1. The van der Waals surface area contributed by atoms with E-state index in [1.165, 1.54) is 6.07 Å². The number of sulfonamides is 1. The highest BCUT2D eigenvalue weighted by molar-refractivity contribution is 7.92. The molecule has 1 unspecified atom stereocenters. The van der Waals surface area contributed by atoms with Crippen LogP contribution < -0.4 is 20.1 Å². The van der Waals surface area contributed by atoms with Crippen molar-refractivity contribution < 1.29 is 17.5 Å².